The van der Waals surface area contributed by atoms with Gasteiger partial charge in [0.25, 0.3) is 0 Å². The van der Waals surface area contributed by atoms with Crippen molar-refractivity contribution in [1.29, 1.82) is 0 Å². The third kappa shape index (κ3) is 3.79. The summed E-state index contributed by atoms with van der Waals surface area (Å²) in [5.74, 6) is -0.0772. The molecule has 84 valence electrons. The summed E-state index contributed by atoms with van der Waals surface area (Å²) >= 11 is 0. The molecule has 1 aromatic heterocycles. The van der Waals surface area contributed by atoms with Gasteiger partial charge in [0, 0.05) is 6.54 Å². The summed E-state index contributed by atoms with van der Waals surface area (Å²) in [6.07, 6.45) is 4.39. The van der Waals surface area contributed by atoms with E-state index in [4.69, 9.17) is 5.73 Å². The van der Waals surface area contributed by atoms with Crippen LogP contribution in [0, 0.1) is 12.7 Å². The van der Waals surface area contributed by atoms with E-state index in [1.54, 1.807) is 6.92 Å². The van der Waals surface area contributed by atoms with Crippen molar-refractivity contribution in [2.75, 3.05) is 18.4 Å². The van der Waals surface area contributed by atoms with Crippen LogP contribution < -0.4 is 11.1 Å². The lowest BCUT2D eigenvalue weighted by molar-refractivity contribution is 0.603. The maximum Gasteiger partial charge on any atom is 0.186 e. The average Bonchev–Trinajstić information content (AvgIpc) is 2.24. The molecule has 0 amide bonds. The molecule has 1 aromatic rings. The predicted octanol–water partition coefficient (Wildman–Crippen LogP) is 1.47. The molecule has 0 fully saturated rings. The number of nitrogens with one attached hydrogen (secondary N) is 1. The van der Waals surface area contributed by atoms with Crippen molar-refractivity contribution in [2.45, 2.75) is 26.2 Å². The van der Waals surface area contributed by atoms with Crippen LogP contribution in [0.4, 0.5) is 10.2 Å². The van der Waals surface area contributed by atoms with Gasteiger partial charge in [-0.15, -0.1) is 0 Å². The fraction of sp³-hybridized carbons (Fsp3) is 0.600. The standard InChI is InChI=1S/C10H17FN4/c1-8-9(11)10(15-7-14-8)13-6-4-2-3-5-12/h7H,2-6,12H2,1H3,(H,13,14,15). The lowest BCUT2D eigenvalue weighted by Gasteiger charge is -2.06. The number of hydrogen-bond donors (Lipinski definition) is 2. The van der Waals surface area contributed by atoms with Gasteiger partial charge in [0.2, 0.25) is 0 Å². The molecule has 15 heavy (non-hydrogen) atoms. The molecule has 0 unspecified atom stereocenters. The molecule has 0 radical (unpaired) electrons. The summed E-state index contributed by atoms with van der Waals surface area (Å²) in [5, 5.41) is 2.95. The number of nitrogens with two attached hydrogens (primary N) is 1. The minimum absolute atomic E-state index is 0.287. The molecule has 0 aliphatic heterocycles. The van der Waals surface area contributed by atoms with Crippen molar-refractivity contribution in [3.05, 3.63) is 17.8 Å². The number of anilines is 1. The van der Waals surface area contributed by atoms with Crippen molar-refractivity contribution in [3.8, 4) is 0 Å². The van der Waals surface area contributed by atoms with E-state index in [9.17, 15) is 4.39 Å². The molecule has 1 rings (SSSR count). The van der Waals surface area contributed by atoms with Crippen LogP contribution in [0.25, 0.3) is 0 Å². The number of aromatic nitrogens is 2. The highest BCUT2D eigenvalue weighted by Crippen LogP contribution is 2.11. The smallest absolute Gasteiger partial charge is 0.186 e. The lowest BCUT2D eigenvalue weighted by Crippen LogP contribution is -2.08. The number of aryl methyl sites for hydroxylation is 1. The highest BCUT2D eigenvalue weighted by molar-refractivity contribution is 5.36. The number of unbranched alkanes of at least 4 members (excludes halogenated alkanes) is 2. The van der Waals surface area contributed by atoms with Crippen LogP contribution in [-0.2, 0) is 0 Å². The van der Waals surface area contributed by atoms with Gasteiger partial charge >= 0.3 is 0 Å². The Morgan fingerprint density at radius 1 is 1.33 bits per heavy atom. The van der Waals surface area contributed by atoms with Gasteiger partial charge < -0.3 is 11.1 Å². The highest BCUT2D eigenvalue weighted by Gasteiger charge is 2.05. The van der Waals surface area contributed by atoms with Crippen LogP contribution in [0.5, 0.6) is 0 Å². The van der Waals surface area contributed by atoms with E-state index in [0.717, 1.165) is 19.3 Å². The Morgan fingerprint density at radius 3 is 2.87 bits per heavy atom. The topological polar surface area (TPSA) is 63.8 Å². The van der Waals surface area contributed by atoms with Crippen LogP contribution in [-0.4, -0.2) is 23.1 Å². The summed E-state index contributed by atoms with van der Waals surface area (Å²) in [7, 11) is 0. The fourth-order valence-corrected chi connectivity index (χ4v) is 1.23. The van der Waals surface area contributed by atoms with Gasteiger partial charge in [-0.3, -0.25) is 0 Å². The molecule has 4 nitrogen and oxygen atoms in total. The molecule has 5 heteroatoms. The maximum atomic E-state index is 13.4. The Kier molecular flexibility index (Phi) is 4.97. The van der Waals surface area contributed by atoms with Gasteiger partial charge in [0.05, 0.1) is 5.69 Å². The van der Waals surface area contributed by atoms with Crippen LogP contribution >= 0.6 is 0 Å². The first-order valence-electron chi connectivity index (χ1n) is 5.16. The zero-order chi connectivity index (χ0) is 11.1. The summed E-state index contributed by atoms with van der Waals surface area (Å²) in [6.45, 7) is 3.05. The van der Waals surface area contributed by atoms with Crippen molar-refractivity contribution >= 4 is 5.82 Å². The number of rotatable bonds is 6. The molecular weight excluding hydrogens is 195 g/mol. The monoisotopic (exact) mass is 212 g/mol. The Hall–Kier alpha value is -1.23. The Morgan fingerprint density at radius 2 is 2.13 bits per heavy atom. The quantitative estimate of drug-likeness (QED) is 0.701. The first-order chi connectivity index (χ1) is 7.25. The SMILES string of the molecule is Cc1ncnc(NCCCCCN)c1F. The molecule has 1 heterocycles. The number of nitrogens with zero attached hydrogens (tertiary/aromatic N) is 2. The van der Waals surface area contributed by atoms with Crippen molar-refractivity contribution in [3.63, 3.8) is 0 Å². The van der Waals surface area contributed by atoms with E-state index >= 15 is 0 Å². The van der Waals surface area contributed by atoms with Crippen LogP contribution in [0.2, 0.25) is 0 Å². The van der Waals surface area contributed by atoms with Crippen molar-refractivity contribution in [2.24, 2.45) is 5.73 Å². The zero-order valence-electron chi connectivity index (χ0n) is 8.96. The van der Waals surface area contributed by atoms with Gasteiger partial charge in [-0.25, -0.2) is 14.4 Å². The third-order valence-electron chi connectivity index (χ3n) is 2.14. The largest absolute Gasteiger partial charge is 0.368 e. The lowest BCUT2D eigenvalue weighted by atomic mass is 10.2. The maximum absolute atomic E-state index is 13.4. The van der Waals surface area contributed by atoms with E-state index in [0.29, 0.717) is 18.8 Å². The minimum Gasteiger partial charge on any atom is -0.368 e. The predicted molar refractivity (Wildman–Crippen MR) is 58.1 cm³/mol. The van der Waals surface area contributed by atoms with Gasteiger partial charge in [-0.05, 0) is 26.3 Å². The Labute approximate surface area is 89.1 Å². The number of hydrogen-bond acceptors (Lipinski definition) is 4. The zero-order valence-corrected chi connectivity index (χ0v) is 8.96. The van der Waals surface area contributed by atoms with E-state index in [1.807, 2.05) is 0 Å². The van der Waals surface area contributed by atoms with Gasteiger partial charge in [0.15, 0.2) is 11.6 Å². The summed E-state index contributed by atoms with van der Waals surface area (Å²) in [6, 6.07) is 0. The molecule has 0 bridgehead atoms. The molecular formula is C10H17FN4. The van der Waals surface area contributed by atoms with Gasteiger partial charge in [-0.2, -0.15) is 0 Å². The second kappa shape index (κ2) is 6.29. The molecule has 0 aliphatic rings. The number of halogens is 1. The van der Waals surface area contributed by atoms with Crippen LogP contribution in [0.15, 0.2) is 6.33 Å². The highest BCUT2D eigenvalue weighted by atomic mass is 19.1. The fourth-order valence-electron chi connectivity index (χ4n) is 1.23. The third-order valence-corrected chi connectivity index (χ3v) is 2.14. The second-order valence-corrected chi connectivity index (χ2v) is 3.40. The van der Waals surface area contributed by atoms with E-state index < -0.39 is 0 Å². The summed E-state index contributed by atoms with van der Waals surface area (Å²) in [5.41, 5.74) is 5.73. The van der Waals surface area contributed by atoms with Gasteiger partial charge in [-0.1, -0.05) is 6.42 Å². The second-order valence-electron chi connectivity index (χ2n) is 3.40. The summed E-state index contributed by atoms with van der Waals surface area (Å²) in [4.78, 5) is 7.59. The normalized spacial score (nSPS) is 10.3. The van der Waals surface area contributed by atoms with E-state index in [-0.39, 0.29) is 11.6 Å². The van der Waals surface area contributed by atoms with Crippen molar-refractivity contribution < 1.29 is 4.39 Å². The van der Waals surface area contributed by atoms with Gasteiger partial charge in [0.1, 0.15) is 6.33 Å². The Balaban J connectivity index is 2.34. The van der Waals surface area contributed by atoms with Crippen LogP contribution in [0.1, 0.15) is 25.0 Å². The van der Waals surface area contributed by atoms with Crippen molar-refractivity contribution in [1.82, 2.24) is 9.97 Å². The molecule has 0 saturated heterocycles. The Bertz CT molecular complexity index is 303. The molecule has 0 saturated carbocycles. The average molecular weight is 212 g/mol. The molecule has 3 N–H and O–H groups in total. The molecule has 0 aliphatic carbocycles. The first-order valence-corrected chi connectivity index (χ1v) is 5.16. The minimum atomic E-state index is -0.365. The summed E-state index contributed by atoms with van der Waals surface area (Å²) < 4.78 is 13.4. The van der Waals surface area contributed by atoms with E-state index in [1.165, 1.54) is 6.33 Å². The molecule has 0 spiro atoms. The molecule has 0 aromatic carbocycles. The first kappa shape index (κ1) is 11.8. The molecule has 0 atom stereocenters. The van der Waals surface area contributed by atoms with E-state index in [2.05, 4.69) is 15.3 Å². The van der Waals surface area contributed by atoms with Crippen LogP contribution in [0.3, 0.4) is 0 Å².